The highest BCUT2D eigenvalue weighted by atomic mass is 16.9. The first-order valence-electron chi connectivity index (χ1n) is 8.86. The van der Waals surface area contributed by atoms with Crippen LogP contribution < -0.4 is 0 Å². The third-order valence-electron chi connectivity index (χ3n) is 4.60. The summed E-state index contributed by atoms with van der Waals surface area (Å²) in [6.07, 6.45) is 10.6. The highest BCUT2D eigenvalue weighted by molar-refractivity contribution is 4.72. The molecule has 0 spiro atoms. The smallest absolute Gasteiger partial charge is 0.294 e. The second kappa shape index (κ2) is 10.0. The minimum absolute atomic E-state index is 0.200. The van der Waals surface area contributed by atoms with Gasteiger partial charge in [0, 0.05) is 6.54 Å². The van der Waals surface area contributed by atoms with Crippen LogP contribution in [0.1, 0.15) is 72.1 Å². The van der Waals surface area contributed by atoms with Gasteiger partial charge in [-0.3, -0.25) is 0 Å². The molecule has 0 aromatic heterocycles. The standard InChI is InChI=1S/C17H34N2O3/c1-17(2,3)11-7-5-4-6-8-16-9-12-18(13-10-16)14-15-22-19(20)21/h16H,4-15H2,1-3H3. The fraction of sp³-hybridized carbons (Fsp3) is 1.00. The molecule has 0 aliphatic carbocycles. The summed E-state index contributed by atoms with van der Waals surface area (Å²) >= 11 is 0. The van der Waals surface area contributed by atoms with E-state index in [-0.39, 0.29) is 6.61 Å². The van der Waals surface area contributed by atoms with Crippen LogP contribution in [0.3, 0.4) is 0 Å². The Morgan fingerprint density at radius 1 is 1.14 bits per heavy atom. The molecule has 1 heterocycles. The van der Waals surface area contributed by atoms with Crippen LogP contribution in [0.25, 0.3) is 0 Å². The van der Waals surface area contributed by atoms with E-state index in [9.17, 15) is 10.1 Å². The quantitative estimate of drug-likeness (QED) is 0.343. The maximum absolute atomic E-state index is 10.1. The average Bonchev–Trinajstić information content (AvgIpc) is 2.43. The van der Waals surface area contributed by atoms with Crippen molar-refractivity contribution in [3.8, 4) is 0 Å². The lowest BCUT2D eigenvalue weighted by atomic mass is 9.88. The van der Waals surface area contributed by atoms with Crippen molar-refractivity contribution in [2.75, 3.05) is 26.2 Å². The Morgan fingerprint density at radius 2 is 1.77 bits per heavy atom. The first-order chi connectivity index (χ1) is 10.4. The molecule has 1 fully saturated rings. The van der Waals surface area contributed by atoms with E-state index in [4.69, 9.17) is 0 Å². The summed E-state index contributed by atoms with van der Waals surface area (Å²) in [7, 11) is 0. The molecule has 0 atom stereocenters. The van der Waals surface area contributed by atoms with E-state index in [0.717, 1.165) is 19.0 Å². The highest BCUT2D eigenvalue weighted by Gasteiger charge is 2.18. The van der Waals surface area contributed by atoms with E-state index < -0.39 is 5.09 Å². The number of likely N-dealkylation sites (tertiary alicyclic amines) is 1. The van der Waals surface area contributed by atoms with Gasteiger partial charge in [-0.1, -0.05) is 52.9 Å². The number of unbranched alkanes of at least 4 members (excludes halogenated alkanes) is 3. The maximum atomic E-state index is 10.1. The Labute approximate surface area is 135 Å². The van der Waals surface area contributed by atoms with Crippen LogP contribution in [-0.4, -0.2) is 36.2 Å². The molecule has 5 nitrogen and oxygen atoms in total. The fourth-order valence-electron chi connectivity index (χ4n) is 3.19. The normalized spacial score (nSPS) is 17.6. The van der Waals surface area contributed by atoms with Crippen molar-refractivity contribution in [2.24, 2.45) is 11.3 Å². The molecule has 0 radical (unpaired) electrons. The predicted octanol–water partition coefficient (Wildman–Crippen LogP) is 4.29. The number of nitrogens with zero attached hydrogens (tertiary/aromatic N) is 2. The molecule has 0 aromatic carbocycles. The van der Waals surface area contributed by atoms with Crippen molar-refractivity contribution < 1.29 is 9.92 Å². The van der Waals surface area contributed by atoms with Crippen LogP contribution in [0.2, 0.25) is 0 Å². The van der Waals surface area contributed by atoms with Gasteiger partial charge >= 0.3 is 0 Å². The summed E-state index contributed by atoms with van der Waals surface area (Å²) in [6, 6.07) is 0. The van der Waals surface area contributed by atoms with Crippen molar-refractivity contribution in [1.82, 2.24) is 4.90 Å². The summed E-state index contributed by atoms with van der Waals surface area (Å²) in [6.45, 7) is 9.96. The van der Waals surface area contributed by atoms with E-state index in [1.165, 1.54) is 51.4 Å². The van der Waals surface area contributed by atoms with E-state index in [1.807, 2.05) is 0 Å². The monoisotopic (exact) mass is 314 g/mol. The van der Waals surface area contributed by atoms with Crippen LogP contribution >= 0.6 is 0 Å². The second-order valence-corrected chi connectivity index (χ2v) is 7.86. The lowest BCUT2D eigenvalue weighted by Gasteiger charge is -2.31. The molecule has 5 heteroatoms. The van der Waals surface area contributed by atoms with Crippen molar-refractivity contribution in [2.45, 2.75) is 72.1 Å². The number of hydrogen-bond acceptors (Lipinski definition) is 4. The molecule has 1 aliphatic rings. The van der Waals surface area contributed by atoms with Crippen molar-refractivity contribution in [3.63, 3.8) is 0 Å². The lowest BCUT2D eigenvalue weighted by molar-refractivity contribution is -0.757. The largest absolute Gasteiger partial charge is 0.313 e. The zero-order valence-electron chi connectivity index (χ0n) is 14.7. The van der Waals surface area contributed by atoms with Crippen LogP contribution in [0.4, 0.5) is 0 Å². The zero-order valence-corrected chi connectivity index (χ0v) is 14.7. The molecule has 0 saturated carbocycles. The molecular weight excluding hydrogens is 280 g/mol. The Kier molecular flexibility index (Phi) is 8.76. The Hall–Kier alpha value is -0.840. The van der Waals surface area contributed by atoms with Crippen LogP contribution in [0.15, 0.2) is 0 Å². The Balaban J connectivity index is 1.96. The van der Waals surface area contributed by atoms with Gasteiger partial charge in [0.25, 0.3) is 5.09 Å². The molecule has 0 amide bonds. The van der Waals surface area contributed by atoms with Gasteiger partial charge in [0.15, 0.2) is 0 Å². The minimum Gasteiger partial charge on any atom is -0.313 e. The molecule has 0 unspecified atom stereocenters. The Bertz CT molecular complexity index is 308. The predicted molar refractivity (Wildman–Crippen MR) is 89.3 cm³/mol. The van der Waals surface area contributed by atoms with E-state index in [1.54, 1.807) is 0 Å². The molecule has 130 valence electrons. The van der Waals surface area contributed by atoms with E-state index in [0.29, 0.717) is 12.0 Å². The molecule has 0 bridgehead atoms. The fourth-order valence-corrected chi connectivity index (χ4v) is 3.19. The zero-order chi connectivity index (χ0) is 16.4. The van der Waals surface area contributed by atoms with Gasteiger partial charge < -0.3 is 9.74 Å². The van der Waals surface area contributed by atoms with Crippen LogP contribution in [0.5, 0.6) is 0 Å². The van der Waals surface area contributed by atoms with E-state index in [2.05, 4.69) is 30.5 Å². The van der Waals surface area contributed by atoms with Gasteiger partial charge in [-0.05, 0) is 43.7 Å². The molecular formula is C17H34N2O3. The first kappa shape index (κ1) is 19.2. The lowest BCUT2D eigenvalue weighted by Crippen LogP contribution is -2.36. The molecule has 1 aliphatic heterocycles. The second-order valence-electron chi connectivity index (χ2n) is 7.86. The van der Waals surface area contributed by atoms with Crippen LogP contribution in [0, 0.1) is 21.4 Å². The summed E-state index contributed by atoms with van der Waals surface area (Å²) < 4.78 is 0. The van der Waals surface area contributed by atoms with Crippen LogP contribution in [-0.2, 0) is 4.84 Å². The third kappa shape index (κ3) is 9.98. The summed E-state index contributed by atoms with van der Waals surface area (Å²) in [5.74, 6) is 0.857. The number of hydrogen-bond donors (Lipinski definition) is 0. The maximum Gasteiger partial charge on any atom is 0.294 e. The van der Waals surface area contributed by atoms with Gasteiger partial charge in [0.2, 0.25) is 0 Å². The van der Waals surface area contributed by atoms with Crippen molar-refractivity contribution in [1.29, 1.82) is 0 Å². The van der Waals surface area contributed by atoms with Crippen molar-refractivity contribution >= 4 is 0 Å². The number of piperidine rings is 1. The molecule has 1 saturated heterocycles. The van der Waals surface area contributed by atoms with E-state index >= 15 is 0 Å². The topological polar surface area (TPSA) is 55.6 Å². The minimum atomic E-state index is -0.702. The van der Waals surface area contributed by atoms with Gasteiger partial charge in [0.05, 0.1) is 0 Å². The molecule has 0 aromatic rings. The van der Waals surface area contributed by atoms with Gasteiger partial charge in [-0.25, -0.2) is 0 Å². The molecule has 0 N–H and O–H groups in total. The molecule has 22 heavy (non-hydrogen) atoms. The van der Waals surface area contributed by atoms with Gasteiger partial charge in [-0.15, -0.1) is 10.1 Å². The number of rotatable bonds is 10. The third-order valence-corrected chi connectivity index (χ3v) is 4.60. The van der Waals surface area contributed by atoms with Gasteiger partial charge in [-0.2, -0.15) is 0 Å². The summed E-state index contributed by atoms with van der Waals surface area (Å²) in [5.41, 5.74) is 0.478. The summed E-state index contributed by atoms with van der Waals surface area (Å²) in [5, 5.41) is 9.40. The Morgan fingerprint density at radius 3 is 2.36 bits per heavy atom. The van der Waals surface area contributed by atoms with Gasteiger partial charge in [0.1, 0.15) is 6.61 Å². The van der Waals surface area contributed by atoms with Crippen molar-refractivity contribution in [3.05, 3.63) is 10.1 Å². The SMILES string of the molecule is CC(C)(C)CCCCCCC1CCN(CCO[N+](=O)[O-])CC1. The summed E-state index contributed by atoms with van der Waals surface area (Å²) in [4.78, 5) is 16.8. The average molecular weight is 314 g/mol. The molecule has 1 rings (SSSR count). The highest BCUT2D eigenvalue weighted by Crippen LogP contribution is 2.25. The first-order valence-corrected chi connectivity index (χ1v) is 8.86.